The molecule has 2 aliphatic rings. The fourth-order valence-corrected chi connectivity index (χ4v) is 6.52. The lowest BCUT2D eigenvalue weighted by molar-refractivity contribution is 0.414. The van der Waals surface area contributed by atoms with Crippen molar-refractivity contribution in [3.63, 3.8) is 0 Å². The van der Waals surface area contributed by atoms with Crippen molar-refractivity contribution in [1.29, 1.82) is 0 Å². The van der Waals surface area contributed by atoms with Crippen LogP contribution in [0.15, 0.2) is 104 Å². The Morgan fingerprint density at radius 2 is 1.49 bits per heavy atom. The van der Waals surface area contributed by atoms with Gasteiger partial charge in [-0.1, -0.05) is 63.7 Å². The number of hydrogen-bond acceptors (Lipinski definition) is 5. The number of methoxy groups -OCH3 is 2. The van der Waals surface area contributed by atoms with Crippen molar-refractivity contribution in [2.45, 2.75) is 25.3 Å². The number of hydrogen-bond donors (Lipinski definition) is 0. The second kappa shape index (κ2) is 10.8. The van der Waals surface area contributed by atoms with Crippen LogP contribution in [0.5, 0.6) is 11.5 Å². The average molecular weight is 600 g/mol. The van der Waals surface area contributed by atoms with Crippen LogP contribution in [-0.2, 0) is 0 Å². The summed E-state index contributed by atoms with van der Waals surface area (Å²) in [4.78, 5) is 19.8. The molecule has 7 heteroatoms. The van der Waals surface area contributed by atoms with E-state index in [0.29, 0.717) is 4.53 Å². The molecule has 39 heavy (non-hydrogen) atoms. The Labute approximate surface area is 239 Å². The Morgan fingerprint density at radius 1 is 0.872 bits per heavy atom. The largest absolute Gasteiger partial charge is 0.497 e. The number of rotatable bonds is 5. The van der Waals surface area contributed by atoms with Gasteiger partial charge in [-0.3, -0.25) is 9.36 Å². The first-order valence-electron chi connectivity index (χ1n) is 12.8. The molecule has 0 saturated carbocycles. The lowest BCUT2D eigenvalue weighted by Gasteiger charge is -2.31. The van der Waals surface area contributed by atoms with Crippen LogP contribution >= 0.6 is 27.3 Å². The normalized spacial score (nSPS) is 18.0. The highest BCUT2D eigenvalue weighted by Gasteiger charge is 2.32. The van der Waals surface area contributed by atoms with Crippen molar-refractivity contribution in [2.24, 2.45) is 4.99 Å². The molecule has 196 valence electrons. The number of benzene rings is 3. The van der Waals surface area contributed by atoms with Crippen molar-refractivity contribution in [1.82, 2.24) is 4.57 Å². The molecular formula is C32H27BrN2O3S. The molecular weight excluding hydrogens is 572 g/mol. The maximum absolute atomic E-state index is 13.9. The van der Waals surface area contributed by atoms with E-state index in [0.717, 1.165) is 62.4 Å². The molecule has 1 aliphatic carbocycles. The Hall–Kier alpha value is -3.68. The van der Waals surface area contributed by atoms with Crippen molar-refractivity contribution < 1.29 is 9.47 Å². The van der Waals surface area contributed by atoms with Crippen LogP contribution in [0, 0.1) is 0 Å². The van der Waals surface area contributed by atoms with E-state index in [4.69, 9.17) is 14.5 Å². The molecule has 1 atom stereocenters. The van der Waals surface area contributed by atoms with Gasteiger partial charge in [0.25, 0.3) is 5.56 Å². The third-order valence-electron chi connectivity index (χ3n) is 7.19. The van der Waals surface area contributed by atoms with Crippen molar-refractivity contribution in [2.75, 3.05) is 14.2 Å². The van der Waals surface area contributed by atoms with Gasteiger partial charge >= 0.3 is 0 Å². The standard InChI is InChI=1S/C32H27BrN2O3S/c1-37-25-14-8-20(9-15-25)18-23-4-3-5-27-29(23)34-32-35(30(27)22-10-16-26(38-2)17-11-22)31(36)28(39-32)19-21-6-12-24(33)13-7-21/h6-19,30H,3-5H2,1-2H3/b23-18+,28-19+/t30-/m0/s1. The Kier molecular flexibility index (Phi) is 7.11. The summed E-state index contributed by atoms with van der Waals surface area (Å²) in [5.41, 5.74) is 6.52. The monoisotopic (exact) mass is 598 g/mol. The predicted molar refractivity (Wildman–Crippen MR) is 160 cm³/mol. The van der Waals surface area contributed by atoms with E-state index in [1.165, 1.54) is 22.5 Å². The maximum Gasteiger partial charge on any atom is 0.271 e. The fourth-order valence-electron chi connectivity index (χ4n) is 5.25. The summed E-state index contributed by atoms with van der Waals surface area (Å²) in [5.74, 6) is 1.62. The fraction of sp³-hybridized carbons (Fsp3) is 0.188. The van der Waals surface area contributed by atoms with E-state index in [2.05, 4.69) is 46.3 Å². The molecule has 6 rings (SSSR count). The molecule has 1 aromatic heterocycles. The number of halogens is 1. The molecule has 0 spiro atoms. The van der Waals surface area contributed by atoms with Crippen molar-refractivity contribution >= 4 is 39.4 Å². The number of nitrogens with zero attached hydrogens (tertiary/aromatic N) is 2. The molecule has 2 heterocycles. The maximum atomic E-state index is 13.9. The smallest absolute Gasteiger partial charge is 0.271 e. The predicted octanol–water partition coefficient (Wildman–Crippen LogP) is 6.26. The van der Waals surface area contributed by atoms with Gasteiger partial charge in [-0.25, -0.2) is 4.99 Å². The molecule has 0 amide bonds. The minimum atomic E-state index is -0.214. The molecule has 0 saturated heterocycles. The van der Waals surface area contributed by atoms with E-state index >= 15 is 0 Å². The zero-order chi connectivity index (χ0) is 26.9. The lowest BCUT2D eigenvalue weighted by Crippen LogP contribution is -2.39. The highest BCUT2D eigenvalue weighted by molar-refractivity contribution is 9.10. The Bertz CT molecular complexity index is 1760. The second-order valence-electron chi connectivity index (χ2n) is 9.58. The Balaban J connectivity index is 1.54. The third-order valence-corrected chi connectivity index (χ3v) is 8.70. The van der Waals surface area contributed by atoms with Gasteiger partial charge in [-0.05, 0) is 95.6 Å². The minimum absolute atomic E-state index is 0.0136. The van der Waals surface area contributed by atoms with Gasteiger partial charge in [0.2, 0.25) is 0 Å². The van der Waals surface area contributed by atoms with Gasteiger partial charge in [-0.2, -0.15) is 0 Å². The van der Waals surface area contributed by atoms with Gasteiger partial charge in [0.15, 0.2) is 4.80 Å². The van der Waals surface area contributed by atoms with Crippen LogP contribution in [0.3, 0.4) is 0 Å². The van der Waals surface area contributed by atoms with Crippen LogP contribution in [0.1, 0.15) is 42.0 Å². The zero-order valence-corrected chi connectivity index (χ0v) is 24.1. The first kappa shape index (κ1) is 25.6. The van der Waals surface area contributed by atoms with Crippen LogP contribution in [0.2, 0.25) is 0 Å². The summed E-state index contributed by atoms with van der Waals surface area (Å²) in [6.45, 7) is 0. The number of allylic oxidation sites excluding steroid dienone is 2. The average Bonchev–Trinajstić information content (AvgIpc) is 3.28. The highest BCUT2D eigenvalue weighted by atomic mass is 79.9. The molecule has 0 radical (unpaired) electrons. The number of thiazole rings is 1. The minimum Gasteiger partial charge on any atom is -0.497 e. The third kappa shape index (κ3) is 5.04. The summed E-state index contributed by atoms with van der Waals surface area (Å²) in [7, 11) is 3.34. The van der Waals surface area contributed by atoms with Crippen molar-refractivity contribution in [3.05, 3.63) is 130 Å². The second-order valence-corrected chi connectivity index (χ2v) is 11.5. The van der Waals surface area contributed by atoms with Gasteiger partial charge < -0.3 is 9.47 Å². The number of aromatic nitrogens is 1. The first-order chi connectivity index (χ1) is 19.0. The molecule has 0 bridgehead atoms. The number of fused-ring (bicyclic) bond motifs is 1. The molecule has 0 unspecified atom stereocenters. The van der Waals surface area contributed by atoms with Crippen LogP contribution < -0.4 is 24.4 Å². The summed E-state index contributed by atoms with van der Waals surface area (Å²) in [6.07, 6.45) is 7.02. The molecule has 0 fully saturated rings. The topological polar surface area (TPSA) is 52.8 Å². The summed E-state index contributed by atoms with van der Waals surface area (Å²) >= 11 is 4.94. The van der Waals surface area contributed by atoms with Gasteiger partial charge in [0.05, 0.1) is 30.5 Å². The van der Waals surface area contributed by atoms with Gasteiger partial charge in [0.1, 0.15) is 11.5 Å². The first-order valence-corrected chi connectivity index (χ1v) is 14.4. The van der Waals surface area contributed by atoms with Crippen LogP contribution in [0.25, 0.3) is 12.2 Å². The quantitative estimate of drug-likeness (QED) is 0.272. The number of ether oxygens (including phenoxy) is 2. The van der Waals surface area contributed by atoms with E-state index in [9.17, 15) is 4.79 Å². The molecule has 5 nitrogen and oxygen atoms in total. The Morgan fingerprint density at radius 3 is 2.15 bits per heavy atom. The van der Waals surface area contributed by atoms with E-state index < -0.39 is 0 Å². The SMILES string of the molecule is COc1ccc(/C=C2\CCCC3=C2N=c2s/c(=C/c4ccc(Br)cc4)c(=O)n2[C@H]3c2ccc(OC)cc2)cc1. The summed E-state index contributed by atoms with van der Waals surface area (Å²) < 4.78 is 14.3. The van der Waals surface area contributed by atoms with Crippen molar-refractivity contribution in [3.8, 4) is 11.5 Å². The van der Waals surface area contributed by atoms with E-state index in [1.807, 2.05) is 59.2 Å². The van der Waals surface area contributed by atoms with Crippen LogP contribution in [-0.4, -0.2) is 18.8 Å². The van der Waals surface area contributed by atoms with Crippen LogP contribution in [0.4, 0.5) is 0 Å². The molecule has 4 aromatic rings. The van der Waals surface area contributed by atoms with E-state index in [-0.39, 0.29) is 11.6 Å². The van der Waals surface area contributed by atoms with Gasteiger partial charge in [0, 0.05) is 4.47 Å². The lowest BCUT2D eigenvalue weighted by atomic mass is 9.84. The highest BCUT2D eigenvalue weighted by Crippen LogP contribution is 2.41. The molecule has 3 aromatic carbocycles. The summed E-state index contributed by atoms with van der Waals surface area (Å²) in [5, 5.41) is 0. The van der Waals surface area contributed by atoms with Gasteiger partial charge in [-0.15, -0.1) is 0 Å². The van der Waals surface area contributed by atoms with E-state index in [1.54, 1.807) is 14.2 Å². The molecule has 1 aliphatic heterocycles. The zero-order valence-electron chi connectivity index (χ0n) is 21.7. The summed E-state index contributed by atoms with van der Waals surface area (Å²) in [6, 6.07) is 23.9. The molecule has 0 N–H and O–H groups in total.